The van der Waals surface area contributed by atoms with E-state index in [-0.39, 0.29) is 0 Å². The van der Waals surface area contributed by atoms with Crippen LogP contribution in [0, 0.1) is 0 Å². The Morgan fingerprint density at radius 3 is 1.56 bits per heavy atom. The molecule has 108 valence electrons. The summed E-state index contributed by atoms with van der Waals surface area (Å²) in [6.45, 7) is 3.21. The van der Waals surface area contributed by atoms with Crippen LogP contribution < -0.4 is 11.1 Å². The van der Waals surface area contributed by atoms with Crippen molar-refractivity contribution in [3.8, 4) is 0 Å². The fourth-order valence-electron chi connectivity index (χ4n) is 2.18. The zero-order valence-corrected chi connectivity index (χ0v) is 13.0. The normalized spacial score (nSPS) is 10.5. The highest BCUT2D eigenvalue weighted by molar-refractivity contribution is 7.80. The third-order valence-corrected chi connectivity index (χ3v) is 3.47. The van der Waals surface area contributed by atoms with Gasteiger partial charge in [0, 0.05) is 6.54 Å². The Morgan fingerprint density at radius 1 is 0.778 bits per heavy atom. The predicted molar refractivity (Wildman–Crippen MR) is 85.9 cm³/mol. The van der Waals surface area contributed by atoms with Crippen molar-refractivity contribution in [2.45, 2.75) is 84.0 Å². The molecule has 0 unspecified atom stereocenters. The van der Waals surface area contributed by atoms with Crippen LogP contribution >= 0.6 is 12.2 Å². The smallest absolute Gasteiger partial charge is 0.163 e. The van der Waals surface area contributed by atoms with Gasteiger partial charge in [0.2, 0.25) is 0 Å². The second kappa shape index (κ2) is 14.7. The van der Waals surface area contributed by atoms with E-state index < -0.39 is 0 Å². The van der Waals surface area contributed by atoms with Crippen LogP contribution in [0.2, 0.25) is 0 Å². The Bertz CT molecular complexity index is 183. The molecule has 0 heterocycles. The third kappa shape index (κ3) is 15.7. The fraction of sp³-hybridized carbons (Fsp3) is 0.933. The van der Waals surface area contributed by atoms with E-state index in [0.717, 1.165) is 6.54 Å². The summed E-state index contributed by atoms with van der Waals surface area (Å²) in [5.74, 6) is 0. The Morgan fingerprint density at radius 2 is 1.17 bits per heavy atom. The topological polar surface area (TPSA) is 38.0 Å². The lowest BCUT2D eigenvalue weighted by Crippen LogP contribution is -2.29. The molecule has 0 spiro atoms. The molecule has 3 heteroatoms. The first kappa shape index (κ1) is 17.7. The van der Waals surface area contributed by atoms with Gasteiger partial charge in [-0.3, -0.25) is 0 Å². The van der Waals surface area contributed by atoms with Gasteiger partial charge in [-0.05, 0) is 18.6 Å². The van der Waals surface area contributed by atoms with Gasteiger partial charge >= 0.3 is 0 Å². The van der Waals surface area contributed by atoms with Crippen molar-refractivity contribution in [1.29, 1.82) is 0 Å². The largest absolute Gasteiger partial charge is 0.376 e. The highest BCUT2D eigenvalue weighted by Gasteiger charge is 1.93. The van der Waals surface area contributed by atoms with Crippen molar-refractivity contribution < 1.29 is 0 Å². The first-order valence-corrected chi connectivity index (χ1v) is 8.21. The minimum atomic E-state index is 0.429. The number of nitrogens with one attached hydrogen (secondary N) is 1. The molecule has 0 aliphatic carbocycles. The molecule has 0 aromatic heterocycles. The highest BCUT2D eigenvalue weighted by atomic mass is 32.1. The summed E-state index contributed by atoms with van der Waals surface area (Å²) in [6.07, 6.45) is 16.6. The minimum absolute atomic E-state index is 0.429. The van der Waals surface area contributed by atoms with E-state index in [0.29, 0.717) is 5.11 Å². The van der Waals surface area contributed by atoms with E-state index in [1.165, 1.54) is 77.0 Å². The maximum absolute atomic E-state index is 5.35. The molecular formula is C15H32N2S. The average Bonchev–Trinajstić information content (AvgIpc) is 2.34. The molecule has 0 saturated carbocycles. The van der Waals surface area contributed by atoms with Gasteiger partial charge in [0.1, 0.15) is 0 Å². The third-order valence-electron chi connectivity index (χ3n) is 3.33. The molecule has 0 saturated heterocycles. The quantitative estimate of drug-likeness (QED) is 0.382. The zero-order chi connectivity index (χ0) is 13.5. The van der Waals surface area contributed by atoms with Crippen molar-refractivity contribution >= 4 is 17.3 Å². The molecule has 0 bridgehead atoms. The SMILES string of the molecule is CCCCCCCCCCCCCCNC(N)=S. The minimum Gasteiger partial charge on any atom is -0.376 e. The lowest BCUT2D eigenvalue weighted by atomic mass is 10.1. The molecule has 2 nitrogen and oxygen atoms in total. The molecule has 18 heavy (non-hydrogen) atoms. The number of rotatable bonds is 13. The van der Waals surface area contributed by atoms with E-state index in [4.69, 9.17) is 18.0 Å². The van der Waals surface area contributed by atoms with Crippen molar-refractivity contribution in [3.63, 3.8) is 0 Å². The van der Waals surface area contributed by atoms with Gasteiger partial charge < -0.3 is 11.1 Å². The van der Waals surface area contributed by atoms with Gasteiger partial charge in [-0.15, -0.1) is 0 Å². The van der Waals surface area contributed by atoms with Crippen molar-refractivity contribution in [2.24, 2.45) is 5.73 Å². The van der Waals surface area contributed by atoms with E-state index in [1.54, 1.807) is 0 Å². The van der Waals surface area contributed by atoms with Gasteiger partial charge in [-0.25, -0.2) is 0 Å². The van der Waals surface area contributed by atoms with Crippen molar-refractivity contribution in [3.05, 3.63) is 0 Å². The first-order chi connectivity index (χ1) is 8.77. The fourth-order valence-corrected chi connectivity index (χ4v) is 2.28. The molecule has 0 aromatic carbocycles. The van der Waals surface area contributed by atoms with Crippen LogP contribution in [0.3, 0.4) is 0 Å². The van der Waals surface area contributed by atoms with E-state index in [2.05, 4.69) is 12.2 Å². The number of hydrogen-bond donors (Lipinski definition) is 2. The monoisotopic (exact) mass is 272 g/mol. The summed E-state index contributed by atoms with van der Waals surface area (Å²) < 4.78 is 0. The van der Waals surface area contributed by atoms with Gasteiger partial charge in [0.25, 0.3) is 0 Å². The summed E-state index contributed by atoms with van der Waals surface area (Å²) in [4.78, 5) is 0. The van der Waals surface area contributed by atoms with E-state index in [1.807, 2.05) is 0 Å². The molecule has 3 N–H and O–H groups in total. The van der Waals surface area contributed by atoms with Crippen molar-refractivity contribution in [2.75, 3.05) is 6.54 Å². The predicted octanol–water partition coefficient (Wildman–Crippen LogP) is 4.52. The maximum atomic E-state index is 5.35. The van der Waals surface area contributed by atoms with Crippen LogP contribution in [-0.2, 0) is 0 Å². The van der Waals surface area contributed by atoms with Crippen LogP contribution in [0.4, 0.5) is 0 Å². The molecule has 0 aliphatic rings. The van der Waals surface area contributed by atoms with E-state index in [9.17, 15) is 0 Å². The van der Waals surface area contributed by atoms with Crippen LogP contribution in [0.5, 0.6) is 0 Å². The number of hydrogen-bond acceptors (Lipinski definition) is 1. The first-order valence-electron chi connectivity index (χ1n) is 7.80. The van der Waals surface area contributed by atoms with Gasteiger partial charge in [0.15, 0.2) is 5.11 Å². The molecule has 0 radical (unpaired) electrons. The molecular weight excluding hydrogens is 240 g/mol. The zero-order valence-electron chi connectivity index (χ0n) is 12.2. The number of nitrogens with two attached hydrogens (primary N) is 1. The summed E-state index contributed by atoms with van der Waals surface area (Å²) >= 11 is 4.75. The second-order valence-electron chi connectivity index (χ2n) is 5.18. The summed E-state index contributed by atoms with van der Waals surface area (Å²) in [6, 6.07) is 0. The Labute approximate surface area is 119 Å². The number of unbranched alkanes of at least 4 members (excludes halogenated alkanes) is 11. The molecule has 0 rings (SSSR count). The van der Waals surface area contributed by atoms with Gasteiger partial charge in [0.05, 0.1) is 0 Å². The lowest BCUT2D eigenvalue weighted by molar-refractivity contribution is 0.543. The van der Waals surface area contributed by atoms with Crippen LogP contribution in [0.1, 0.15) is 84.0 Å². The van der Waals surface area contributed by atoms with Gasteiger partial charge in [-0.1, -0.05) is 77.6 Å². The van der Waals surface area contributed by atoms with Crippen molar-refractivity contribution in [1.82, 2.24) is 5.32 Å². The number of thiocarbonyl (C=S) groups is 1. The molecule has 0 aliphatic heterocycles. The molecule has 0 atom stereocenters. The van der Waals surface area contributed by atoms with Crippen LogP contribution in [0.25, 0.3) is 0 Å². The van der Waals surface area contributed by atoms with E-state index >= 15 is 0 Å². The van der Waals surface area contributed by atoms with Crippen LogP contribution in [-0.4, -0.2) is 11.7 Å². The summed E-state index contributed by atoms with van der Waals surface area (Å²) in [5, 5.41) is 3.42. The Kier molecular flexibility index (Phi) is 14.5. The van der Waals surface area contributed by atoms with Gasteiger partial charge in [-0.2, -0.15) is 0 Å². The second-order valence-corrected chi connectivity index (χ2v) is 5.62. The molecule has 0 aromatic rings. The molecule has 0 fully saturated rings. The molecule has 0 amide bonds. The standard InChI is InChI=1S/C15H32N2S/c1-2-3-4-5-6-7-8-9-10-11-12-13-14-17-15(16)18/h2-14H2,1H3,(H3,16,17,18). The summed E-state index contributed by atoms with van der Waals surface area (Å²) in [7, 11) is 0. The maximum Gasteiger partial charge on any atom is 0.163 e. The van der Waals surface area contributed by atoms with Crippen LogP contribution in [0.15, 0.2) is 0 Å². The Balaban J connectivity index is 2.92. The lowest BCUT2D eigenvalue weighted by Gasteiger charge is -2.04. The summed E-state index contributed by atoms with van der Waals surface area (Å²) in [5.41, 5.74) is 5.35. The highest BCUT2D eigenvalue weighted by Crippen LogP contribution is 2.11. The Hall–Kier alpha value is -0.310. The average molecular weight is 273 g/mol.